The molecule has 0 unspecified atom stereocenters. The first-order valence-corrected chi connectivity index (χ1v) is 7.27. The molecule has 1 aromatic heterocycles. The number of imidazole rings is 1. The van der Waals surface area contributed by atoms with E-state index in [0.29, 0.717) is 17.0 Å². The predicted octanol–water partition coefficient (Wildman–Crippen LogP) is 4.54. The number of rotatable bonds is 3. The number of aryl methyl sites for hydroxylation is 1. The Labute approximate surface area is 141 Å². The third-order valence-corrected chi connectivity index (χ3v) is 3.57. The van der Waals surface area contributed by atoms with Crippen LogP contribution in [0.25, 0.3) is 22.7 Å². The van der Waals surface area contributed by atoms with E-state index in [1.54, 1.807) is 17.7 Å². The molecule has 0 aliphatic rings. The van der Waals surface area contributed by atoms with Gasteiger partial charge in [-0.25, -0.2) is 4.98 Å². The van der Waals surface area contributed by atoms with Crippen molar-refractivity contribution in [3.63, 3.8) is 0 Å². The van der Waals surface area contributed by atoms with Crippen molar-refractivity contribution in [2.24, 2.45) is 7.05 Å². The Bertz CT molecular complexity index is 979. The maximum absolute atomic E-state index is 12.2. The lowest BCUT2D eigenvalue weighted by Crippen LogP contribution is -2.16. The zero-order chi connectivity index (χ0) is 18.0. The van der Waals surface area contributed by atoms with Crippen LogP contribution in [0.15, 0.2) is 48.5 Å². The Kier molecular flexibility index (Phi) is 4.19. The lowest BCUT2D eigenvalue weighted by molar-refractivity contribution is -0.274. The Morgan fingerprint density at radius 1 is 1.16 bits per heavy atom. The molecule has 2 aromatic carbocycles. The van der Waals surface area contributed by atoms with Crippen LogP contribution in [-0.4, -0.2) is 15.9 Å². The van der Waals surface area contributed by atoms with E-state index in [9.17, 15) is 18.4 Å². The van der Waals surface area contributed by atoms with Crippen molar-refractivity contribution in [3.8, 4) is 11.8 Å². The number of halogens is 3. The van der Waals surface area contributed by atoms with Crippen LogP contribution in [0.4, 0.5) is 13.2 Å². The molecule has 1 heterocycles. The standard InChI is InChI=1S/C18H12F3N3O/c1-24-16-5-3-2-4-15(16)23-17(24)13(11-22)10-12-6-8-14(9-7-12)25-18(19,20)21/h2-10H,1H3. The smallest absolute Gasteiger partial charge is 0.406 e. The largest absolute Gasteiger partial charge is 0.573 e. The molecule has 7 heteroatoms. The van der Waals surface area contributed by atoms with Gasteiger partial charge in [0, 0.05) is 7.05 Å². The van der Waals surface area contributed by atoms with Gasteiger partial charge in [0.1, 0.15) is 11.8 Å². The number of allylic oxidation sites excluding steroid dienone is 1. The second kappa shape index (κ2) is 6.32. The van der Waals surface area contributed by atoms with E-state index in [2.05, 4.69) is 15.8 Å². The maximum Gasteiger partial charge on any atom is 0.573 e. The molecule has 0 spiro atoms. The Balaban J connectivity index is 1.95. The van der Waals surface area contributed by atoms with Crippen molar-refractivity contribution in [3.05, 3.63) is 59.9 Å². The summed E-state index contributed by atoms with van der Waals surface area (Å²) in [6.45, 7) is 0. The number of hydrogen-bond acceptors (Lipinski definition) is 3. The van der Waals surface area contributed by atoms with Gasteiger partial charge in [0.15, 0.2) is 5.82 Å². The molecule has 0 bridgehead atoms. The zero-order valence-corrected chi connectivity index (χ0v) is 13.1. The fraction of sp³-hybridized carbons (Fsp3) is 0.111. The molecular weight excluding hydrogens is 331 g/mol. The van der Waals surface area contributed by atoms with E-state index in [-0.39, 0.29) is 5.75 Å². The number of alkyl halides is 3. The zero-order valence-electron chi connectivity index (χ0n) is 13.1. The minimum absolute atomic E-state index is 0.309. The molecule has 0 atom stereocenters. The highest BCUT2D eigenvalue weighted by atomic mass is 19.4. The Morgan fingerprint density at radius 3 is 2.44 bits per heavy atom. The highest BCUT2D eigenvalue weighted by molar-refractivity contribution is 5.90. The third-order valence-electron chi connectivity index (χ3n) is 3.57. The van der Waals surface area contributed by atoms with Gasteiger partial charge in [0.05, 0.1) is 16.6 Å². The summed E-state index contributed by atoms with van der Waals surface area (Å²) in [4.78, 5) is 4.44. The van der Waals surface area contributed by atoms with E-state index in [1.807, 2.05) is 24.3 Å². The SMILES string of the molecule is Cn1c(C(C#N)=Cc2ccc(OC(F)(F)F)cc2)nc2ccccc21. The van der Waals surface area contributed by atoms with Crippen LogP contribution in [0.3, 0.4) is 0 Å². The van der Waals surface area contributed by atoms with Crippen LogP contribution in [-0.2, 0) is 7.05 Å². The Morgan fingerprint density at radius 2 is 1.84 bits per heavy atom. The van der Waals surface area contributed by atoms with Crippen LogP contribution in [0.5, 0.6) is 5.75 Å². The second-order valence-electron chi connectivity index (χ2n) is 5.27. The molecule has 0 fully saturated rings. The van der Waals surface area contributed by atoms with Crippen molar-refractivity contribution in [2.75, 3.05) is 0 Å². The monoisotopic (exact) mass is 343 g/mol. The summed E-state index contributed by atoms with van der Waals surface area (Å²) in [5.41, 5.74) is 2.52. The molecule has 0 N–H and O–H groups in total. The van der Waals surface area contributed by atoms with E-state index >= 15 is 0 Å². The molecule has 0 saturated heterocycles. The number of benzene rings is 2. The number of nitrogens with zero attached hydrogens (tertiary/aromatic N) is 3. The van der Waals surface area contributed by atoms with Crippen LogP contribution < -0.4 is 4.74 Å². The summed E-state index contributed by atoms with van der Waals surface area (Å²) in [5, 5.41) is 9.45. The van der Waals surface area contributed by atoms with Gasteiger partial charge >= 0.3 is 6.36 Å². The van der Waals surface area contributed by atoms with E-state index in [4.69, 9.17) is 0 Å². The molecule has 3 aromatic rings. The second-order valence-corrected chi connectivity index (χ2v) is 5.27. The number of ether oxygens (including phenoxy) is 1. The summed E-state index contributed by atoms with van der Waals surface area (Å²) in [7, 11) is 1.80. The first-order valence-electron chi connectivity index (χ1n) is 7.27. The molecule has 126 valence electrons. The summed E-state index contributed by atoms with van der Waals surface area (Å²) < 4.78 is 42.2. The van der Waals surface area contributed by atoms with Gasteiger partial charge in [-0.15, -0.1) is 13.2 Å². The third kappa shape index (κ3) is 3.63. The van der Waals surface area contributed by atoms with Gasteiger partial charge in [0.2, 0.25) is 0 Å². The number of fused-ring (bicyclic) bond motifs is 1. The van der Waals surface area contributed by atoms with E-state index < -0.39 is 6.36 Å². The average molecular weight is 343 g/mol. The van der Waals surface area contributed by atoms with Crippen LogP contribution in [0.2, 0.25) is 0 Å². The number of nitriles is 1. The summed E-state index contributed by atoms with van der Waals surface area (Å²) >= 11 is 0. The normalized spacial score (nSPS) is 12.2. The first kappa shape index (κ1) is 16.6. The molecular formula is C18H12F3N3O. The van der Waals surface area contributed by atoms with Gasteiger partial charge in [-0.2, -0.15) is 5.26 Å². The van der Waals surface area contributed by atoms with E-state index in [1.165, 1.54) is 24.3 Å². The number of aromatic nitrogens is 2. The molecule has 0 aliphatic carbocycles. The molecule has 0 aliphatic heterocycles. The summed E-state index contributed by atoms with van der Waals surface area (Å²) in [5.74, 6) is 0.171. The quantitative estimate of drug-likeness (QED) is 0.656. The highest BCUT2D eigenvalue weighted by Gasteiger charge is 2.30. The lowest BCUT2D eigenvalue weighted by atomic mass is 10.1. The van der Waals surface area contributed by atoms with Crippen molar-refractivity contribution in [2.45, 2.75) is 6.36 Å². The molecule has 0 radical (unpaired) electrons. The topological polar surface area (TPSA) is 50.8 Å². The van der Waals surface area contributed by atoms with Crippen LogP contribution >= 0.6 is 0 Å². The van der Waals surface area contributed by atoms with Gasteiger partial charge in [-0.05, 0) is 35.9 Å². The van der Waals surface area contributed by atoms with Crippen molar-refractivity contribution >= 4 is 22.7 Å². The minimum atomic E-state index is -4.73. The number of hydrogen-bond donors (Lipinski definition) is 0. The van der Waals surface area contributed by atoms with E-state index in [0.717, 1.165) is 11.0 Å². The fourth-order valence-electron chi connectivity index (χ4n) is 2.47. The molecule has 0 amide bonds. The fourth-order valence-corrected chi connectivity index (χ4v) is 2.47. The van der Waals surface area contributed by atoms with Crippen LogP contribution in [0, 0.1) is 11.3 Å². The minimum Gasteiger partial charge on any atom is -0.406 e. The molecule has 0 saturated carbocycles. The molecule has 25 heavy (non-hydrogen) atoms. The lowest BCUT2D eigenvalue weighted by Gasteiger charge is -2.08. The maximum atomic E-state index is 12.2. The van der Waals surface area contributed by atoms with Gasteiger partial charge in [-0.3, -0.25) is 0 Å². The highest BCUT2D eigenvalue weighted by Crippen LogP contribution is 2.25. The van der Waals surface area contributed by atoms with Crippen molar-refractivity contribution < 1.29 is 17.9 Å². The van der Waals surface area contributed by atoms with Crippen molar-refractivity contribution in [1.82, 2.24) is 9.55 Å². The summed E-state index contributed by atoms with van der Waals surface area (Å²) in [6.07, 6.45) is -3.17. The van der Waals surface area contributed by atoms with Crippen molar-refractivity contribution in [1.29, 1.82) is 5.26 Å². The predicted molar refractivity (Wildman–Crippen MR) is 87.3 cm³/mol. The van der Waals surface area contributed by atoms with Gasteiger partial charge in [-0.1, -0.05) is 24.3 Å². The Hall–Kier alpha value is -3.27. The average Bonchev–Trinajstić information content (AvgIpc) is 2.90. The first-order chi connectivity index (χ1) is 11.9. The van der Waals surface area contributed by atoms with Gasteiger partial charge in [0.25, 0.3) is 0 Å². The number of para-hydroxylation sites is 2. The summed E-state index contributed by atoms with van der Waals surface area (Å²) in [6, 6.07) is 14.8. The van der Waals surface area contributed by atoms with Gasteiger partial charge < -0.3 is 9.30 Å². The molecule has 3 rings (SSSR count). The van der Waals surface area contributed by atoms with Crippen LogP contribution in [0.1, 0.15) is 11.4 Å². The molecule has 4 nitrogen and oxygen atoms in total.